The third-order valence-corrected chi connectivity index (χ3v) is 7.85. The summed E-state index contributed by atoms with van der Waals surface area (Å²) in [5.74, 6) is 2.80. The minimum Gasteiger partial charge on any atom is -0.497 e. The van der Waals surface area contributed by atoms with Gasteiger partial charge in [0.25, 0.3) is 5.91 Å². The summed E-state index contributed by atoms with van der Waals surface area (Å²) in [7, 11) is 6.46. The van der Waals surface area contributed by atoms with Gasteiger partial charge in [0.1, 0.15) is 11.4 Å². The van der Waals surface area contributed by atoms with Crippen LogP contribution < -0.4 is 29.2 Å². The van der Waals surface area contributed by atoms with Crippen LogP contribution in [-0.2, 0) is 17.8 Å². The molecule has 1 saturated heterocycles. The molecule has 2 aliphatic rings. The van der Waals surface area contributed by atoms with Crippen molar-refractivity contribution < 1.29 is 28.5 Å². The number of nitrogens with one attached hydrogen (secondary N) is 2. The van der Waals surface area contributed by atoms with Gasteiger partial charge in [0.15, 0.2) is 17.3 Å². The number of aromatic nitrogens is 2. The molecule has 2 amide bonds. The largest absolute Gasteiger partial charge is 0.497 e. The summed E-state index contributed by atoms with van der Waals surface area (Å²) in [5, 5.41) is 10.0. The molecule has 0 saturated carbocycles. The van der Waals surface area contributed by atoms with E-state index in [-0.39, 0.29) is 11.8 Å². The van der Waals surface area contributed by atoms with E-state index >= 15 is 0 Å². The maximum Gasteiger partial charge on any atom is 0.276 e. The molecule has 0 unspecified atom stereocenters. The molecule has 2 aromatic carbocycles. The van der Waals surface area contributed by atoms with Crippen molar-refractivity contribution >= 4 is 23.3 Å². The Labute approximate surface area is 245 Å². The summed E-state index contributed by atoms with van der Waals surface area (Å²) in [6.07, 6.45) is 0.934. The number of hydrogen-bond donors (Lipinski definition) is 2. The molecule has 1 aromatic heterocycles. The van der Waals surface area contributed by atoms with Crippen molar-refractivity contribution in [1.29, 1.82) is 0 Å². The highest BCUT2D eigenvalue weighted by Crippen LogP contribution is 2.40. The van der Waals surface area contributed by atoms with E-state index in [1.807, 2.05) is 36.4 Å². The number of ether oxygens (including phenoxy) is 4. The minimum absolute atomic E-state index is 0.119. The number of methoxy groups -OCH3 is 4. The molecule has 0 bridgehead atoms. The number of carbonyl (C=O) groups is 2. The highest BCUT2D eigenvalue weighted by molar-refractivity contribution is 6.08. The number of benzene rings is 2. The second-order valence-electron chi connectivity index (χ2n) is 10.2. The van der Waals surface area contributed by atoms with Gasteiger partial charge in [-0.3, -0.25) is 19.6 Å². The van der Waals surface area contributed by atoms with Crippen LogP contribution in [0.25, 0.3) is 0 Å². The Bertz CT molecular complexity index is 1400. The van der Waals surface area contributed by atoms with Crippen molar-refractivity contribution in [3.63, 3.8) is 0 Å². The molecule has 0 aliphatic carbocycles. The Morgan fingerprint density at radius 1 is 0.881 bits per heavy atom. The van der Waals surface area contributed by atoms with E-state index in [2.05, 4.69) is 25.3 Å². The summed E-state index contributed by atoms with van der Waals surface area (Å²) in [5.41, 5.74) is 2.98. The van der Waals surface area contributed by atoms with Crippen LogP contribution >= 0.6 is 0 Å². The highest BCUT2D eigenvalue weighted by atomic mass is 16.5. The van der Waals surface area contributed by atoms with Gasteiger partial charge in [-0.25, -0.2) is 0 Å². The van der Waals surface area contributed by atoms with Gasteiger partial charge < -0.3 is 34.1 Å². The Balaban J connectivity index is 1.10. The molecule has 0 spiro atoms. The Kier molecular flexibility index (Phi) is 9.13. The summed E-state index contributed by atoms with van der Waals surface area (Å²) in [6.45, 7) is 5.34. The van der Waals surface area contributed by atoms with E-state index in [4.69, 9.17) is 18.9 Å². The van der Waals surface area contributed by atoms with E-state index in [0.717, 1.165) is 55.3 Å². The Morgan fingerprint density at radius 3 is 2.26 bits per heavy atom. The number of H-pyrrole nitrogens is 1. The highest BCUT2D eigenvalue weighted by Gasteiger charge is 2.30. The molecule has 5 rings (SSSR count). The van der Waals surface area contributed by atoms with E-state index in [9.17, 15) is 9.59 Å². The van der Waals surface area contributed by atoms with Crippen LogP contribution in [0.1, 0.15) is 28.0 Å². The van der Waals surface area contributed by atoms with Gasteiger partial charge in [-0.15, -0.1) is 0 Å². The first-order valence-corrected chi connectivity index (χ1v) is 14.0. The van der Waals surface area contributed by atoms with Crippen LogP contribution in [0.4, 0.5) is 11.5 Å². The van der Waals surface area contributed by atoms with Crippen molar-refractivity contribution in [2.24, 2.45) is 0 Å². The van der Waals surface area contributed by atoms with Gasteiger partial charge in [0.2, 0.25) is 11.7 Å². The molecule has 224 valence electrons. The zero-order chi connectivity index (χ0) is 29.6. The van der Waals surface area contributed by atoms with Crippen LogP contribution in [0.5, 0.6) is 23.0 Å². The van der Waals surface area contributed by atoms with Crippen molar-refractivity contribution in [3.05, 3.63) is 53.2 Å². The number of aromatic amines is 1. The van der Waals surface area contributed by atoms with Crippen LogP contribution in [-0.4, -0.2) is 99.5 Å². The number of piperazine rings is 1. The summed E-state index contributed by atoms with van der Waals surface area (Å²) >= 11 is 0. The molecule has 0 atom stereocenters. The van der Waals surface area contributed by atoms with E-state index < -0.39 is 0 Å². The third kappa shape index (κ3) is 6.14. The topological polar surface area (TPSA) is 121 Å². The summed E-state index contributed by atoms with van der Waals surface area (Å²) in [4.78, 5) is 32.3. The van der Waals surface area contributed by atoms with Gasteiger partial charge in [-0.1, -0.05) is 6.07 Å². The minimum atomic E-state index is -0.169. The lowest BCUT2D eigenvalue weighted by atomic mass is 10.1. The van der Waals surface area contributed by atoms with Gasteiger partial charge in [-0.2, -0.15) is 5.10 Å². The number of carbonyl (C=O) groups excluding carboxylic acids is 2. The monoisotopic (exact) mass is 578 g/mol. The fraction of sp³-hybridized carbons (Fsp3) is 0.433. The number of amides is 2. The quantitative estimate of drug-likeness (QED) is 0.354. The van der Waals surface area contributed by atoms with Crippen LogP contribution in [0.15, 0.2) is 36.4 Å². The molecular formula is C30H38N6O6. The lowest BCUT2D eigenvalue weighted by molar-refractivity contribution is -0.116. The van der Waals surface area contributed by atoms with E-state index in [0.29, 0.717) is 54.7 Å². The maximum atomic E-state index is 13.1. The maximum absolute atomic E-state index is 13.1. The standard InChI is InChI=1S/C30H38N6O6/c1-39-22-8-6-21(7-9-22)36-14-11-23-26(30(36)38)32-33-29(23)31-25(37)12-13-34-15-17-35(18-16-34)19-20-5-10-24(40-2)28(42-4)27(20)41-3/h5-10H,11-19H2,1-4H3,(H2,31,32,33,37). The number of fused-ring (bicyclic) bond motifs is 1. The first-order chi connectivity index (χ1) is 20.4. The van der Waals surface area contributed by atoms with E-state index in [1.165, 1.54) is 0 Å². The molecule has 1 fully saturated rings. The van der Waals surface area contributed by atoms with Gasteiger partial charge >= 0.3 is 0 Å². The zero-order valence-corrected chi connectivity index (χ0v) is 24.6. The summed E-state index contributed by atoms with van der Waals surface area (Å²) in [6, 6.07) is 11.3. The predicted molar refractivity (Wildman–Crippen MR) is 158 cm³/mol. The first-order valence-electron chi connectivity index (χ1n) is 14.0. The SMILES string of the molecule is COc1ccc(N2CCc3c(NC(=O)CCN4CCN(Cc5ccc(OC)c(OC)c5OC)CC4)n[nH]c3C2=O)cc1. The average molecular weight is 579 g/mol. The van der Waals surface area contributed by atoms with Crippen molar-refractivity contribution in [2.75, 3.05) is 77.9 Å². The number of nitrogens with zero attached hydrogens (tertiary/aromatic N) is 4. The second-order valence-corrected chi connectivity index (χ2v) is 10.2. The van der Waals surface area contributed by atoms with Crippen LogP contribution in [0, 0.1) is 0 Å². The van der Waals surface area contributed by atoms with Crippen LogP contribution in [0.2, 0.25) is 0 Å². The van der Waals surface area contributed by atoms with E-state index in [1.54, 1.807) is 33.3 Å². The lowest BCUT2D eigenvalue weighted by Gasteiger charge is -2.35. The summed E-state index contributed by atoms with van der Waals surface area (Å²) < 4.78 is 21.8. The first kappa shape index (κ1) is 29.2. The Hall–Kier alpha value is -4.29. The third-order valence-electron chi connectivity index (χ3n) is 7.85. The fourth-order valence-corrected chi connectivity index (χ4v) is 5.51. The van der Waals surface area contributed by atoms with Crippen molar-refractivity contribution in [1.82, 2.24) is 20.0 Å². The fourth-order valence-electron chi connectivity index (χ4n) is 5.51. The molecule has 0 radical (unpaired) electrons. The predicted octanol–water partition coefficient (Wildman–Crippen LogP) is 2.79. The molecule has 12 nitrogen and oxygen atoms in total. The normalized spacial score (nSPS) is 15.7. The number of hydrogen-bond acceptors (Lipinski definition) is 9. The molecular weight excluding hydrogens is 540 g/mol. The van der Waals surface area contributed by atoms with Gasteiger partial charge in [0, 0.05) is 69.0 Å². The van der Waals surface area contributed by atoms with Crippen LogP contribution in [0.3, 0.4) is 0 Å². The van der Waals surface area contributed by atoms with Gasteiger partial charge in [-0.05, 0) is 36.8 Å². The molecule has 3 heterocycles. The second kappa shape index (κ2) is 13.1. The molecule has 2 N–H and O–H groups in total. The zero-order valence-electron chi connectivity index (χ0n) is 24.6. The van der Waals surface area contributed by atoms with Gasteiger partial charge in [0.05, 0.1) is 28.4 Å². The smallest absolute Gasteiger partial charge is 0.276 e. The average Bonchev–Trinajstić information content (AvgIpc) is 3.43. The number of anilines is 2. The van der Waals surface area contributed by atoms with Crippen molar-refractivity contribution in [3.8, 4) is 23.0 Å². The molecule has 42 heavy (non-hydrogen) atoms. The molecule has 3 aromatic rings. The number of rotatable bonds is 11. The molecule has 12 heteroatoms. The lowest BCUT2D eigenvalue weighted by Crippen LogP contribution is -2.46. The van der Waals surface area contributed by atoms with Crippen molar-refractivity contribution in [2.45, 2.75) is 19.4 Å². The Morgan fingerprint density at radius 2 is 1.60 bits per heavy atom. The molecule has 2 aliphatic heterocycles.